The smallest absolute Gasteiger partial charge is 0.325 e. The van der Waals surface area contributed by atoms with E-state index in [1.165, 1.54) is 19.3 Å². The minimum absolute atomic E-state index is 0.144. The van der Waals surface area contributed by atoms with E-state index in [1.807, 2.05) is 0 Å². The molecule has 22 heavy (non-hydrogen) atoms. The molecular weight excluding hydrogens is 282 g/mol. The van der Waals surface area contributed by atoms with Gasteiger partial charge in [0.25, 0.3) is 5.91 Å². The van der Waals surface area contributed by atoms with Gasteiger partial charge in [0.05, 0.1) is 0 Å². The zero-order valence-corrected chi connectivity index (χ0v) is 12.8. The lowest BCUT2D eigenvalue weighted by atomic mass is 9.97. The van der Waals surface area contributed by atoms with E-state index in [9.17, 15) is 14.4 Å². The molecule has 2 fully saturated rings. The van der Waals surface area contributed by atoms with Crippen LogP contribution in [0.2, 0.25) is 0 Å². The van der Waals surface area contributed by atoms with Gasteiger partial charge in [0, 0.05) is 12.5 Å². The van der Waals surface area contributed by atoms with Crippen LogP contribution in [0, 0.1) is 12.3 Å². The second-order valence-electron chi connectivity index (χ2n) is 5.94. The third-order valence-electron chi connectivity index (χ3n) is 4.20. The van der Waals surface area contributed by atoms with Crippen LogP contribution in [0.5, 0.6) is 0 Å². The lowest BCUT2D eigenvalue weighted by molar-refractivity contribution is -0.132. The molecule has 1 aliphatic carbocycles. The van der Waals surface area contributed by atoms with Gasteiger partial charge in [-0.15, -0.1) is 12.3 Å². The molecule has 0 aromatic rings. The molecule has 6 heteroatoms. The van der Waals surface area contributed by atoms with Gasteiger partial charge in [0.2, 0.25) is 5.91 Å². The standard InChI is InChI=1S/C16H23N3O3/c1-2-8-13-15(21)19(16(22)18-13)11-14(20)17-12-9-6-4-3-5-7-10-12/h1,12-13H,3-11H2,(H,17,20)(H,18,22). The highest BCUT2D eigenvalue weighted by Gasteiger charge is 2.38. The summed E-state index contributed by atoms with van der Waals surface area (Å²) in [6.45, 7) is -0.234. The van der Waals surface area contributed by atoms with Crippen molar-refractivity contribution >= 4 is 17.8 Å². The highest BCUT2D eigenvalue weighted by Crippen LogP contribution is 2.17. The number of imide groups is 1. The average Bonchev–Trinajstić information content (AvgIpc) is 2.70. The van der Waals surface area contributed by atoms with E-state index < -0.39 is 18.0 Å². The Morgan fingerprint density at radius 3 is 2.50 bits per heavy atom. The van der Waals surface area contributed by atoms with Gasteiger partial charge in [-0.3, -0.25) is 14.5 Å². The van der Waals surface area contributed by atoms with Crippen LogP contribution < -0.4 is 10.6 Å². The predicted molar refractivity (Wildman–Crippen MR) is 81.7 cm³/mol. The summed E-state index contributed by atoms with van der Waals surface area (Å²) >= 11 is 0. The molecule has 4 amide bonds. The molecular formula is C16H23N3O3. The largest absolute Gasteiger partial charge is 0.352 e. The van der Waals surface area contributed by atoms with Gasteiger partial charge >= 0.3 is 6.03 Å². The number of hydrogen-bond donors (Lipinski definition) is 2. The first-order chi connectivity index (χ1) is 10.6. The third-order valence-corrected chi connectivity index (χ3v) is 4.20. The summed E-state index contributed by atoms with van der Waals surface area (Å²) < 4.78 is 0. The summed E-state index contributed by atoms with van der Waals surface area (Å²) in [6.07, 6.45) is 13.1. The molecule has 1 atom stereocenters. The molecule has 1 unspecified atom stereocenters. The number of hydrogen-bond acceptors (Lipinski definition) is 3. The highest BCUT2D eigenvalue weighted by atomic mass is 16.2. The maximum absolute atomic E-state index is 12.1. The Hall–Kier alpha value is -2.03. The number of amides is 4. The van der Waals surface area contributed by atoms with Crippen LogP contribution in [0.3, 0.4) is 0 Å². The molecule has 0 aromatic heterocycles. The quantitative estimate of drug-likeness (QED) is 0.604. The van der Waals surface area contributed by atoms with Crippen LogP contribution in [-0.2, 0) is 9.59 Å². The van der Waals surface area contributed by atoms with Crippen LogP contribution in [-0.4, -0.2) is 41.4 Å². The summed E-state index contributed by atoms with van der Waals surface area (Å²) in [6, 6.07) is -1.10. The number of urea groups is 1. The normalized spacial score (nSPS) is 23.4. The molecule has 1 saturated heterocycles. The van der Waals surface area contributed by atoms with Crippen LogP contribution in [0.25, 0.3) is 0 Å². The van der Waals surface area contributed by atoms with Gasteiger partial charge in [-0.2, -0.15) is 0 Å². The minimum atomic E-state index is -0.702. The van der Waals surface area contributed by atoms with Gasteiger partial charge in [0.1, 0.15) is 12.6 Å². The van der Waals surface area contributed by atoms with Gasteiger partial charge < -0.3 is 10.6 Å². The molecule has 2 aliphatic rings. The van der Waals surface area contributed by atoms with E-state index in [1.54, 1.807) is 0 Å². The molecule has 2 N–H and O–H groups in total. The van der Waals surface area contributed by atoms with E-state index in [4.69, 9.17) is 6.42 Å². The summed E-state index contributed by atoms with van der Waals surface area (Å²) in [7, 11) is 0. The van der Waals surface area contributed by atoms with Crippen LogP contribution >= 0.6 is 0 Å². The maximum Gasteiger partial charge on any atom is 0.325 e. The van der Waals surface area contributed by atoms with Crippen molar-refractivity contribution in [3.63, 3.8) is 0 Å². The maximum atomic E-state index is 12.1. The molecule has 1 saturated carbocycles. The van der Waals surface area contributed by atoms with Crippen molar-refractivity contribution in [3.05, 3.63) is 0 Å². The molecule has 0 radical (unpaired) electrons. The van der Waals surface area contributed by atoms with Crippen molar-refractivity contribution in [3.8, 4) is 12.3 Å². The first-order valence-corrected chi connectivity index (χ1v) is 7.96. The molecule has 2 rings (SSSR count). The van der Waals surface area contributed by atoms with Crippen molar-refractivity contribution in [1.82, 2.24) is 15.5 Å². The van der Waals surface area contributed by atoms with Crippen molar-refractivity contribution in [2.45, 2.75) is 63.5 Å². The molecule has 120 valence electrons. The molecule has 0 aromatic carbocycles. The Morgan fingerprint density at radius 1 is 1.23 bits per heavy atom. The van der Waals surface area contributed by atoms with Gasteiger partial charge in [0.15, 0.2) is 0 Å². The Balaban J connectivity index is 1.84. The zero-order valence-electron chi connectivity index (χ0n) is 12.8. The first-order valence-electron chi connectivity index (χ1n) is 7.96. The average molecular weight is 305 g/mol. The first kappa shape index (κ1) is 16.3. The number of nitrogens with one attached hydrogen (secondary N) is 2. The fourth-order valence-electron chi connectivity index (χ4n) is 3.00. The van der Waals surface area contributed by atoms with E-state index in [0.717, 1.165) is 30.6 Å². The Kier molecular flexibility index (Phi) is 5.82. The monoisotopic (exact) mass is 305 g/mol. The summed E-state index contributed by atoms with van der Waals surface area (Å²) in [5, 5.41) is 5.45. The van der Waals surface area contributed by atoms with Crippen LogP contribution in [0.4, 0.5) is 4.79 Å². The number of terminal acetylenes is 1. The second-order valence-corrected chi connectivity index (χ2v) is 5.94. The summed E-state index contributed by atoms with van der Waals surface area (Å²) in [4.78, 5) is 36.8. The zero-order chi connectivity index (χ0) is 15.9. The molecule has 6 nitrogen and oxygen atoms in total. The van der Waals surface area contributed by atoms with E-state index in [-0.39, 0.29) is 24.9 Å². The SMILES string of the molecule is C#CCC1NC(=O)N(CC(=O)NC2CCCCCCC2)C1=O. The number of rotatable bonds is 4. The van der Waals surface area contributed by atoms with E-state index in [0.29, 0.717) is 0 Å². The van der Waals surface area contributed by atoms with Crippen molar-refractivity contribution in [1.29, 1.82) is 0 Å². The second kappa shape index (κ2) is 7.83. The fourth-order valence-corrected chi connectivity index (χ4v) is 3.00. The van der Waals surface area contributed by atoms with E-state index >= 15 is 0 Å². The van der Waals surface area contributed by atoms with Crippen molar-refractivity contribution < 1.29 is 14.4 Å². The molecule has 0 bridgehead atoms. The number of carbonyl (C=O) groups excluding carboxylic acids is 3. The Labute approximate surface area is 131 Å². The summed E-state index contributed by atoms with van der Waals surface area (Å²) in [5.41, 5.74) is 0. The van der Waals surface area contributed by atoms with E-state index in [2.05, 4.69) is 16.6 Å². The Bertz CT molecular complexity index is 476. The third kappa shape index (κ3) is 4.23. The van der Waals surface area contributed by atoms with Crippen LogP contribution in [0.15, 0.2) is 0 Å². The highest BCUT2D eigenvalue weighted by molar-refractivity contribution is 6.06. The van der Waals surface area contributed by atoms with Gasteiger partial charge in [-0.05, 0) is 12.8 Å². The molecule has 1 heterocycles. The lowest BCUT2D eigenvalue weighted by Crippen LogP contribution is -2.44. The Morgan fingerprint density at radius 2 is 1.86 bits per heavy atom. The fraction of sp³-hybridized carbons (Fsp3) is 0.688. The van der Waals surface area contributed by atoms with Crippen LogP contribution in [0.1, 0.15) is 51.4 Å². The van der Waals surface area contributed by atoms with Crippen molar-refractivity contribution in [2.75, 3.05) is 6.54 Å². The lowest BCUT2D eigenvalue weighted by Gasteiger charge is -2.22. The molecule has 1 aliphatic heterocycles. The number of nitrogens with zero attached hydrogens (tertiary/aromatic N) is 1. The van der Waals surface area contributed by atoms with Crippen molar-refractivity contribution in [2.24, 2.45) is 0 Å². The topological polar surface area (TPSA) is 78.5 Å². The van der Waals surface area contributed by atoms with Gasteiger partial charge in [-0.25, -0.2) is 4.79 Å². The molecule has 0 spiro atoms. The number of carbonyl (C=O) groups is 3. The minimum Gasteiger partial charge on any atom is -0.352 e. The predicted octanol–water partition coefficient (Wildman–Crippen LogP) is 1.16. The summed E-state index contributed by atoms with van der Waals surface area (Å²) in [5.74, 6) is 1.65. The van der Waals surface area contributed by atoms with Gasteiger partial charge in [-0.1, -0.05) is 32.1 Å².